The van der Waals surface area contributed by atoms with E-state index in [0.717, 1.165) is 13.0 Å². The molecular formula is C16H23NO3. The summed E-state index contributed by atoms with van der Waals surface area (Å²) in [6, 6.07) is 10.2. The fourth-order valence-corrected chi connectivity index (χ4v) is 2.52. The van der Waals surface area contributed by atoms with Crippen molar-refractivity contribution in [3.05, 3.63) is 35.9 Å². The lowest BCUT2D eigenvalue weighted by Gasteiger charge is -2.19. The first-order chi connectivity index (χ1) is 9.70. The number of carbonyl (C=O) groups is 1. The molecule has 1 amide bonds. The van der Waals surface area contributed by atoms with E-state index < -0.39 is 0 Å². The van der Waals surface area contributed by atoms with Gasteiger partial charge in [0, 0.05) is 26.2 Å². The number of hydrogen-bond donors (Lipinski definition) is 1. The zero-order chi connectivity index (χ0) is 14.4. The zero-order valence-corrected chi connectivity index (χ0v) is 12.2. The average molecular weight is 277 g/mol. The first-order valence-corrected chi connectivity index (χ1v) is 7.16. The van der Waals surface area contributed by atoms with Gasteiger partial charge in [0.05, 0.1) is 18.6 Å². The standard InChI is InChI=1S/C16H23NO3/c1-12(19-2)10-15(18)17-11-14-8-9-20-16(14)13-6-4-3-5-7-13/h3-7,12,14,16H,8-11H2,1-2H3,(H,17,18)/t12-,14+,16+/m0/s1. The summed E-state index contributed by atoms with van der Waals surface area (Å²) in [6.07, 6.45) is 1.44. The van der Waals surface area contributed by atoms with Crippen LogP contribution in [0.5, 0.6) is 0 Å². The molecule has 1 aliphatic heterocycles. The second-order valence-corrected chi connectivity index (χ2v) is 5.31. The summed E-state index contributed by atoms with van der Waals surface area (Å²) in [6.45, 7) is 3.31. The normalized spacial score (nSPS) is 23.5. The number of nitrogens with one attached hydrogen (secondary N) is 1. The number of hydrogen-bond acceptors (Lipinski definition) is 3. The molecule has 4 nitrogen and oxygen atoms in total. The molecule has 1 aliphatic rings. The topological polar surface area (TPSA) is 47.6 Å². The Labute approximate surface area is 120 Å². The van der Waals surface area contributed by atoms with Crippen molar-refractivity contribution in [2.75, 3.05) is 20.3 Å². The van der Waals surface area contributed by atoms with Crippen LogP contribution < -0.4 is 5.32 Å². The van der Waals surface area contributed by atoms with Gasteiger partial charge >= 0.3 is 0 Å². The molecule has 0 aromatic heterocycles. The number of methoxy groups -OCH3 is 1. The second-order valence-electron chi connectivity index (χ2n) is 5.31. The summed E-state index contributed by atoms with van der Waals surface area (Å²) in [4.78, 5) is 11.8. The molecule has 0 unspecified atom stereocenters. The van der Waals surface area contributed by atoms with E-state index in [0.29, 0.717) is 18.9 Å². The van der Waals surface area contributed by atoms with Crippen molar-refractivity contribution in [3.8, 4) is 0 Å². The van der Waals surface area contributed by atoms with E-state index in [4.69, 9.17) is 9.47 Å². The molecule has 3 atom stereocenters. The van der Waals surface area contributed by atoms with Crippen molar-refractivity contribution in [2.24, 2.45) is 5.92 Å². The van der Waals surface area contributed by atoms with Gasteiger partial charge in [-0.3, -0.25) is 4.79 Å². The highest BCUT2D eigenvalue weighted by Gasteiger charge is 2.29. The van der Waals surface area contributed by atoms with Gasteiger partial charge in [0.25, 0.3) is 0 Å². The molecule has 1 heterocycles. The van der Waals surface area contributed by atoms with Crippen LogP contribution in [0.4, 0.5) is 0 Å². The quantitative estimate of drug-likeness (QED) is 0.868. The summed E-state index contributed by atoms with van der Waals surface area (Å²) in [7, 11) is 1.62. The first-order valence-electron chi connectivity index (χ1n) is 7.16. The molecule has 110 valence electrons. The number of carbonyl (C=O) groups excluding carboxylic acids is 1. The Kier molecular flexibility index (Phi) is 5.56. The van der Waals surface area contributed by atoms with Gasteiger partial charge in [-0.1, -0.05) is 30.3 Å². The molecule has 1 aromatic carbocycles. The summed E-state index contributed by atoms with van der Waals surface area (Å²) in [5.74, 6) is 0.386. The third-order valence-corrected chi connectivity index (χ3v) is 3.78. The SMILES string of the molecule is CO[C@@H](C)CC(=O)NC[C@H]1CCO[C@@H]1c1ccccc1. The maximum absolute atomic E-state index is 11.8. The summed E-state index contributed by atoms with van der Waals surface area (Å²) in [5, 5.41) is 2.99. The van der Waals surface area contributed by atoms with Crippen LogP contribution in [0.3, 0.4) is 0 Å². The van der Waals surface area contributed by atoms with Gasteiger partial charge in [0.15, 0.2) is 0 Å². The zero-order valence-electron chi connectivity index (χ0n) is 12.2. The van der Waals surface area contributed by atoms with Crippen LogP contribution in [0.25, 0.3) is 0 Å². The van der Waals surface area contributed by atoms with Crippen LogP contribution in [0.2, 0.25) is 0 Å². The highest BCUT2D eigenvalue weighted by atomic mass is 16.5. The van der Waals surface area contributed by atoms with E-state index in [-0.39, 0.29) is 18.1 Å². The van der Waals surface area contributed by atoms with Crippen molar-refractivity contribution in [2.45, 2.75) is 32.0 Å². The predicted octanol–water partition coefficient (Wildman–Crippen LogP) is 2.31. The van der Waals surface area contributed by atoms with Crippen LogP contribution in [0, 0.1) is 5.92 Å². The third kappa shape index (κ3) is 4.05. The summed E-state index contributed by atoms with van der Waals surface area (Å²) < 4.78 is 10.9. The highest BCUT2D eigenvalue weighted by molar-refractivity contribution is 5.76. The molecular weight excluding hydrogens is 254 g/mol. The molecule has 4 heteroatoms. The molecule has 0 saturated carbocycles. The molecule has 0 spiro atoms. The van der Waals surface area contributed by atoms with Crippen LogP contribution in [-0.2, 0) is 14.3 Å². The van der Waals surface area contributed by atoms with E-state index in [9.17, 15) is 4.79 Å². The van der Waals surface area contributed by atoms with Gasteiger partial charge in [-0.2, -0.15) is 0 Å². The van der Waals surface area contributed by atoms with Crippen LogP contribution in [-0.4, -0.2) is 32.3 Å². The van der Waals surface area contributed by atoms with Gasteiger partial charge in [-0.05, 0) is 18.9 Å². The van der Waals surface area contributed by atoms with Gasteiger partial charge in [0.2, 0.25) is 5.91 Å². The minimum absolute atomic E-state index is 0.0399. The smallest absolute Gasteiger partial charge is 0.222 e. The lowest BCUT2D eigenvalue weighted by Crippen LogP contribution is -2.32. The molecule has 1 aromatic rings. The largest absolute Gasteiger partial charge is 0.381 e. The minimum Gasteiger partial charge on any atom is -0.381 e. The van der Waals surface area contributed by atoms with Crippen molar-refractivity contribution in [1.29, 1.82) is 0 Å². The molecule has 0 radical (unpaired) electrons. The summed E-state index contributed by atoms with van der Waals surface area (Å²) >= 11 is 0. The Bertz CT molecular complexity index is 421. The fourth-order valence-electron chi connectivity index (χ4n) is 2.52. The highest BCUT2D eigenvalue weighted by Crippen LogP contribution is 2.33. The van der Waals surface area contributed by atoms with Gasteiger partial charge in [-0.15, -0.1) is 0 Å². The van der Waals surface area contributed by atoms with Crippen LogP contribution in [0.15, 0.2) is 30.3 Å². The molecule has 1 saturated heterocycles. The van der Waals surface area contributed by atoms with Gasteiger partial charge in [0.1, 0.15) is 0 Å². The van der Waals surface area contributed by atoms with Crippen molar-refractivity contribution < 1.29 is 14.3 Å². The number of rotatable bonds is 6. The molecule has 2 rings (SSSR count). The minimum atomic E-state index is -0.0419. The third-order valence-electron chi connectivity index (χ3n) is 3.78. The van der Waals surface area contributed by atoms with Gasteiger partial charge in [-0.25, -0.2) is 0 Å². The average Bonchev–Trinajstić information content (AvgIpc) is 2.94. The van der Waals surface area contributed by atoms with Crippen LogP contribution in [0.1, 0.15) is 31.4 Å². The van der Waals surface area contributed by atoms with E-state index in [1.807, 2.05) is 25.1 Å². The van der Waals surface area contributed by atoms with E-state index in [1.165, 1.54) is 5.56 Å². The maximum atomic E-state index is 11.8. The maximum Gasteiger partial charge on any atom is 0.222 e. The Morgan fingerprint density at radius 1 is 1.45 bits per heavy atom. The van der Waals surface area contributed by atoms with Crippen molar-refractivity contribution >= 4 is 5.91 Å². The van der Waals surface area contributed by atoms with Gasteiger partial charge < -0.3 is 14.8 Å². The molecule has 1 N–H and O–H groups in total. The Hall–Kier alpha value is -1.39. The van der Waals surface area contributed by atoms with Crippen molar-refractivity contribution in [3.63, 3.8) is 0 Å². The molecule has 0 aliphatic carbocycles. The number of ether oxygens (including phenoxy) is 2. The Morgan fingerprint density at radius 2 is 2.20 bits per heavy atom. The molecule has 20 heavy (non-hydrogen) atoms. The van der Waals surface area contributed by atoms with E-state index in [2.05, 4.69) is 17.4 Å². The fraction of sp³-hybridized carbons (Fsp3) is 0.562. The van der Waals surface area contributed by atoms with E-state index >= 15 is 0 Å². The summed E-state index contributed by atoms with van der Waals surface area (Å²) in [5.41, 5.74) is 1.19. The van der Waals surface area contributed by atoms with Crippen molar-refractivity contribution in [1.82, 2.24) is 5.32 Å². The Balaban J connectivity index is 1.84. The van der Waals surface area contributed by atoms with E-state index in [1.54, 1.807) is 7.11 Å². The Morgan fingerprint density at radius 3 is 2.90 bits per heavy atom. The number of benzene rings is 1. The first kappa shape index (κ1) is 15.0. The second kappa shape index (κ2) is 7.41. The molecule has 1 fully saturated rings. The molecule has 0 bridgehead atoms. The predicted molar refractivity (Wildman–Crippen MR) is 77.3 cm³/mol. The van der Waals surface area contributed by atoms with Crippen LogP contribution >= 0.6 is 0 Å². The number of amides is 1. The monoisotopic (exact) mass is 277 g/mol. The lowest BCUT2D eigenvalue weighted by atomic mass is 9.95. The lowest BCUT2D eigenvalue weighted by molar-refractivity contribution is -0.123.